The van der Waals surface area contributed by atoms with Gasteiger partial charge in [0.15, 0.2) is 11.6 Å². The molecule has 3 fully saturated rings. The van der Waals surface area contributed by atoms with E-state index in [2.05, 4.69) is 27.4 Å². The largest absolute Gasteiger partial charge is 0.377 e. The molecule has 1 N–H and O–H groups in total. The molecular formula is C23H32O3. The zero-order valence-corrected chi connectivity index (χ0v) is 16.6. The molecule has 0 spiro atoms. The first-order chi connectivity index (χ1) is 12.1. The average Bonchev–Trinajstić information content (AvgIpc) is 2.78. The van der Waals surface area contributed by atoms with Crippen molar-refractivity contribution in [1.29, 1.82) is 0 Å². The van der Waals surface area contributed by atoms with Crippen molar-refractivity contribution in [2.75, 3.05) is 0 Å². The second-order valence-corrected chi connectivity index (χ2v) is 10.0. The molecule has 0 bridgehead atoms. The Kier molecular flexibility index (Phi) is 3.77. The first kappa shape index (κ1) is 18.2. The number of hydrogen-bond donors (Lipinski definition) is 1. The van der Waals surface area contributed by atoms with Crippen molar-refractivity contribution in [2.45, 2.75) is 71.8 Å². The molecule has 1 unspecified atom stereocenters. The highest BCUT2D eigenvalue weighted by Crippen LogP contribution is 2.69. The third-order valence-corrected chi connectivity index (χ3v) is 8.98. The first-order valence-electron chi connectivity index (χ1n) is 10.2. The Hall–Kier alpha value is -1.22. The summed E-state index contributed by atoms with van der Waals surface area (Å²) in [6, 6.07) is 0. The standard InChI is InChI=1S/C23H32O3/c1-13-10-17-18(21(4)8-6-16(25)12-19(13)21)7-9-22(5)20(17)11-14(2)23(22,26)15(3)24/h12-13,17-18,20,26H,2,6-11H2,1,3-5H3/t13?,17-,18+,20+,21-,22+,23+/m1/s1. The van der Waals surface area contributed by atoms with E-state index in [-0.39, 0.29) is 17.0 Å². The molecule has 4 aliphatic carbocycles. The van der Waals surface area contributed by atoms with Gasteiger partial charge in [-0.2, -0.15) is 0 Å². The van der Waals surface area contributed by atoms with Gasteiger partial charge < -0.3 is 5.11 Å². The van der Waals surface area contributed by atoms with Crippen LogP contribution in [0.1, 0.15) is 66.2 Å². The minimum Gasteiger partial charge on any atom is -0.377 e. The maximum atomic E-state index is 12.4. The fraction of sp³-hybridized carbons (Fsp3) is 0.739. The van der Waals surface area contributed by atoms with E-state index in [1.54, 1.807) is 0 Å². The molecule has 0 saturated heterocycles. The SMILES string of the molecule is C=C1C[C@H]2[C@@H]3CC(C)C4=CC(=O)CC[C@]4(C)[C@H]3CC[C@]2(C)[C@@]1(O)C(C)=O. The highest BCUT2D eigenvalue weighted by Gasteiger charge is 2.67. The third-order valence-electron chi connectivity index (χ3n) is 8.98. The van der Waals surface area contributed by atoms with Crippen molar-refractivity contribution in [3.8, 4) is 0 Å². The lowest BCUT2D eigenvalue weighted by atomic mass is 9.44. The highest BCUT2D eigenvalue weighted by atomic mass is 16.3. The number of fused-ring (bicyclic) bond motifs is 5. The predicted molar refractivity (Wildman–Crippen MR) is 101 cm³/mol. The van der Waals surface area contributed by atoms with Crippen LogP contribution in [0.4, 0.5) is 0 Å². The number of allylic oxidation sites excluding steroid dienone is 1. The number of carbonyl (C=O) groups is 2. The molecule has 0 heterocycles. The molecule has 4 rings (SSSR count). The number of hydrogen-bond acceptors (Lipinski definition) is 3. The molecule has 0 aromatic heterocycles. The third kappa shape index (κ3) is 1.99. The summed E-state index contributed by atoms with van der Waals surface area (Å²) in [4.78, 5) is 24.5. The summed E-state index contributed by atoms with van der Waals surface area (Å²) in [7, 11) is 0. The van der Waals surface area contributed by atoms with E-state index in [9.17, 15) is 14.7 Å². The maximum Gasteiger partial charge on any atom is 0.166 e. The van der Waals surface area contributed by atoms with Crippen molar-refractivity contribution >= 4 is 11.6 Å². The van der Waals surface area contributed by atoms with E-state index in [1.807, 2.05) is 6.08 Å². The lowest BCUT2D eigenvalue weighted by Crippen LogP contribution is -2.58. The normalized spacial score (nSPS) is 50.6. The van der Waals surface area contributed by atoms with E-state index >= 15 is 0 Å². The van der Waals surface area contributed by atoms with E-state index in [0.29, 0.717) is 30.1 Å². The van der Waals surface area contributed by atoms with E-state index < -0.39 is 11.0 Å². The minimum absolute atomic E-state index is 0.0931. The summed E-state index contributed by atoms with van der Waals surface area (Å²) in [5.74, 6) is 1.86. The fourth-order valence-electron chi connectivity index (χ4n) is 7.60. The number of aliphatic hydroxyl groups is 1. The van der Waals surface area contributed by atoms with Crippen molar-refractivity contribution in [2.24, 2.45) is 34.5 Å². The monoisotopic (exact) mass is 356 g/mol. The molecule has 0 aromatic rings. The molecule has 0 radical (unpaired) electrons. The van der Waals surface area contributed by atoms with Crippen LogP contribution >= 0.6 is 0 Å². The van der Waals surface area contributed by atoms with Gasteiger partial charge in [-0.1, -0.05) is 32.9 Å². The second kappa shape index (κ2) is 5.41. The van der Waals surface area contributed by atoms with Crippen LogP contribution in [0.15, 0.2) is 23.8 Å². The smallest absolute Gasteiger partial charge is 0.166 e. The molecule has 3 saturated carbocycles. The summed E-state index contributed by atoms with van der Waals surface area (Å²) < 4.78 is 0. The van der Waals surface area contributed by atoms with E-state index in [4.69, 9.17) is 0 Å². The van der Waals surface area contributed by atoms with Crippen LogP contribution in [0.3, 0.4) is 0 Å². The molecule has 0 amide bonds. The Morgan fingerprint density at radius 3 is 2.62 bits per heavy atom. The number of carbonyl (C=O) groups excluding carboxylic acids is 2. The van der Waals surface area contributed by atoms with Gasteiger partial charge in [-0.3, -0.25) is 9.59 Å². The van der Waals surface area contributed by atoms with Crippen LogP contribution in [0, 0.1) is 34.5 Å². The molecule has 26 heavy (non-hydrogen) atoms. The van der Waals surface area contributed by atoms with Gasteiger partial charge in [0.2, 0.25) is 0 Å². The van der Waals surface area contributed by atoms with Gasteiger partial charge in [-0.15, -0.1) is 0 Å². The van der Waals surface area contributed by atoms with Gasteiger partial charge in [0.05, 0.1) is 0 Å². The van der Waals surface area contributed by atoms with E-state index in [0.717, 1.165) is 37.7 Å². The van der Waals surface area contributed by atoms with Gasteiger partial charge in [-0.25, -0.2) is 0 Å². The Morgan fingerprint density at radius 1 is 1.27 bits per heavy atom. The molecule has 4 aliphatic rings. The molecule has 7 atom stereocenters. The zero-order chi connectivity index (χ0) is 19.1. The van der Waals surface area contributed by atoms with Gasteiger partial charge in [-0.05, 0) is 79.8 Å². The fourth-order valence-corrected chi connectivity index (χ4v) is 7.60. The summed E-state index contributed by atoms with van der Waals surface area (Å²) in [5, 5.41) is 11.4. The van der Waals surface area contributed by atoms with Gasteiger partial charge >= 0.3 is 0 Å². The molecule has 3 nitrogen and oxygen atoms in total. The van der Waals surface area contributed by atoms with Gasteiger partial charge in [0.25, 0.3) is 0 Å². The van der Waals surface area contributed by atoms with Gasteiger partial charge in [0.1, 0.15) is 5.60 Å². The molecule has 0 aromatic carbocycles. The second-order valence-electron chi connectivity index (χ2n) is 10.0. The van der Waals surface area contributed by atoms with Crippen LogP contribution in [0.5, 0.6) is 0 Å². The van der Waals surface area contributed by atoms with Crippen molar-refractivity contribution in [3.05, 3.63) is 23.8 Å². The van der Waals surface area contributed by atoms with Crippen molar-refractivity contribution in [1.82, 2.24) is 0 Å². The topological polar surface area (TPSA) is 54.4 Å². The number of rotatable bonds is 1. The summed E-state index contributed by atoms with van der Waals surface area (Å²) in [5.41, 5.74) is 0.397. The quantitative estimate of drug-likeness (QED) is 0.715. The summed E-state index contributed by atoms with van der Waals surface area (Å²) >= 11 is 0. The van der Waals surface area contributed by atoms with Crippen molar-refractivity contribution < 1.29 is 14.7 Å². The van der Waals surface area contributed by atoms with Crippen LogP contribution in [-0.2, 0) is 9.59 Å². The summed E-state index contributed by atoms with van der Waals surface area (Å²) in [6.45, 7) is 12.4. The Bertz CT molecular complexity index is 734. The Morgan fingerprint density at radius 2 is 1.96 bits per heavy atom. The number of Topliss-reactive ketones (excluding diaryl/α,β-unsaturated/α-hetero) is 1. The Labute approximate surface area is 156 Å². The predicted octanol–water partition coefficient (Wildman–Crippen LogP) is 4.25. The zero-order valence-electron chi connectivity index (χ0n) is 16.6. The average molecular weight is 357 g/mol. The molecule has 142 valence electrons. The van der Waals surface area contributed by atoms with Crippen LogP contribution in [-0.4, -0.2) is 22.3 Å². The maximum absolute atomic E-state index is 12.4. The Balaban J connectivity index is 1.77. The van der Waals surface area contributed by atoms with E-state index in [1.165, 1.54) is 12.5 Å². The lowest BCUT2D eigenvalue weighted by molar-refractivity contribution is -0.155. The molecule has 0 aliphatic heterocycles. The minimum atomic E-state index is -1.37. The van der Waals surface area contributed by atoms with Crippen molar-refractivity contribution in [3.63, 3.8) is 0 Å². The lowest BCUT2D eigenvalue weighted by Gasteiger charge is -2.60. The number of ketones is 2. The molecule has 3 heteroatoms. The van der Waals surface area contributed by atoms with Crippen LogP contribution < -0.4 is 0 Å². The summed E-state index contributed by atoms with van der Waals surface area (Å²) in [6.07, 6.45) is 7.24. The van der Waals surface area contributed by atoms with Crippen LogP contribution in [0.25, 0.3) is 0 Å². The first-order valence-corrected chi connectivity index (χ1v) is 10.2. The highest BCUT2D eigenvalue weighted by molar-refractivity contribution is 5.92. The van der Waals surface area contributed by atoms with Crippen LogP contribution in [0.2, 0.25) is 0 Å². The molecular weight excluding hydrogens is 324 g/mol. The van der Waals surface area contributed by atoms with Gasteiger partial charge in [0, 0.05) is 11.8 Å².